The van der Waals surface area contributed by atoms with E-state index in [1.807, 2.05) is 48.5 Å². The SMILES string of the molecule is CC(C)(C)OC(=O)CC(NC(=O)CCC(=O)n1c2ccccc2c2ccccc21)C(=O)CF. The maximum absolute atomic E-state index is 13.0. The molecule has 0 fully saturated rings. The molecular formula is C25H27FN2O5. The van der Waals surface area contributed by atoms with Crippen LogP contribution in [-0.4, -0.2) is 46.5 Å². The molecule has 0 radical (unpaired) electrons. The summed E-state index contributed by atoms with van der Waals surface area (Å²) in [6.45, 7) is 3.66. The molecule has 0 saturated carbocycles. The van der Waals surface area contributed by atoms with Crippen LogP contribution >= 0.6 is 0 Å². The third-order valence-electron chi connectivity index (χ3n) is 5.04. The number of nitrogens with one attached hydrogen (secondary N) is 1. The molecule has 0 saturated heterocycles. The number of fused-ring (bicyclic) bond motifs is 3. The molecule has 0 aliphatic rings. The number of aromatic nitrogens is 1. The Bertz CT molecular complexity index is 1160. The van der Waals surface area contributed by atoms with E-state index >= 15 is 0 Å². The second kappa shape index (κ2) is 9.94. The highest BCUT2D eigenvalue weighted by molar-refractivity contribution is 6.13. The third-order valence-corrected chi connectivity index (χ3v) is 5.04. The molecule has 1 aromatic heterocycles. The summed E-state index contributed by atoms with van der Waals surface area (Å²) in [4.78, 5) is 49.4. The lowest BCUT2D eigenvalue weighted by atomic mass is 10.1. The van der Waals surface area contributed by atoms with Crippen molar-refractivity contribution in [2.75, 3.05) is 6.67 Å². The molecule has 3 rings (SSSR count). The molecule has 33 heavy (non-hydrogen) atoms. The van der Waals surface area contributed by atoms with E-state index < -0.39 is 42.4 Å². The first kappa shape index (κ1) is 24.1. The van der Waals surface area contributed by atoms with Gasteiger partial charge in [-0.3, -0.25) is 23.7 Å². The van der Waals surface area contributed by atoms with Gasteiger partial charge in [0.05, 0.1) is 17.5 Å². The Morgan fingerprint density at radius 2 is 1.48 bits per heavy atom. The quantitative estimate of drug-likeness (QED) is 0.520. The van der Waals surface area contributed by atoms with Crippen LogP contribution in [-0.2, 0) is 19.1 Å². The Hall–Kier alpha value is -3.55. The molecule has 8 heteroatoms. The van der Waals surface area contributed by atoms with Crippen LogP contribution < -0.4 is 5.32 Å². The van der Waals surface area contributed by atoms with Gasteiger partial charge in [0.15, 0.2) is 5.78 Å². The van der Waals surface area contributed by atoms with Gasteiger partial charge in [0, 0.05) is 23.6 Å². The van der Waals surface area contributed by atoms with E-state index in [0.29, 0.717) is 0 Å². The maximum Gasteiger partial charge on any atom is 0.308 e. The number of ether oxygens (including phenoxy) is 1. The Kier molecular flexibility index (Phi) is 7.26. The van der Waals surface area contributed by atoms with Crippen molar-refractivity contribution in [3.8, 4) is 0 Å². The Morgan fingerprint density at radius 1 is 0.939 bits per heavy atom. The highest BCUT2D eigenvalue weighted by Gasteiger charge is 2.27. The number of ketones is 1. The molecule has 0 spiro atoms. The molecule has 0 aliphatic heterocycles. The molecule has 0 aliphatic carbocycles. The molecule has 2 aromatic carbocycles. The molecule has 3 aromatic rings. The number of carbonyl (C=O) groups excluding carboxylic acids is 4. The number of alkyl halides is 1. The number of hydrogen-bond acceptors (Lipinski definition) is 5. The molecular weight excluding hydrogens is 427 g/mol. The van der Waals surface area contributed by atoms with Gasteiger partial charge in [0.2, 0.25) is 11.8 Å². The third kappa shape index (κ3) is 5.83. The van der Waals surface area contributed by atoms with Gasteiger partial charge < -0.3 is 10.1 Å². The molecule has 7 nitrogen and oxygen atoms in total. The van der Waals surface area contributed by atoms with E-state index in [-0.39, 0.29) is 18.7 Å². The van der Waals surface area contributed by atoms with Gasteiger partial charge in [-0.25, -0.2) is 4.39 Å². The lowest BCUT2D eigenvalue weighted by molar-refractivity contribution is -0.156. The standard InChI is InChI=1S/C25H27FN2O5/c1-25(2,3)33-24(32)14-18(21(29)15-26)27-22(30)12-13-23(31)28-19-10-6-4-8-16(19)17-9-5-7-11-20(17)28/h4-11,18H,12-15H2,1-3H3,(H,27,30). The number of carbonyl (C=O) groups is 4. The fourth-order valence-corrected chi connectivity index (χ4v) is 3.68. The average Bonchev–Trinajstić information content (AvgIpc) is 3.10. The minimum absolute atomic E-state index is 0.128. The van der Waals surface area contributed by atoms with Gasteiger partial charge in [-0.15, -0.1) is 0 Å². The van der Waals surface area contributed by atoms with E-state index in [2.05, 4.69) is 5.32 Å². The van der Waals surface area contributed by atoms with Crippen LogP contribution in [0.3, 0.4) is 0 Å². The van der Waals surface area contributed by atoms with Crippen LogP contribution in [0.4, 0.5) is 4.39 Å². The monoisotopic (exact) mass is 454 g/mol. The van der Waals surface area contributed by atoms with Crippen LogP contribution in [0.5, 0.6) is 0 Å². The summed E-state index contributed by atoms with van der Waals surface area (Å²) in [6, 6.07) is 13.6. The zero-order valence-electron chi connectivity index (χ0n) is 18.9. The van der Waals surface area contributed by atoms with Crippen molar-refractivity contribution in [1.29, 1.82) is 0 Å². The van der Waals surface area contributed by atoms with Crippen molar-refractivity contribution in [3.05, 3.63) is 48.5 Å². The number of halogens is 1. The number of benzene rings is 2. The lowest BCUT2D eigenvalue weighted by Gasteiger charge is -2.22. The van der Waals surface area contributed by atoms with Crippen LogP contribution in [0.25, 0.3) is 21.8 Å². The molecule has 1 heterocycles. The highest BCUT2D eigenvalue weighted by Crippen LogP contribution is 2.29. The summed E-state index contributed by atoms with van der Waals surface area (Å²) in [5, 5.41) is 4.22. The van der Waals surface area contributed by atoms with Gasteiger partial charge in [0.25, 0.3) is 0 Å². The first-order chi connectivity index (χ1) is 15.6. The number of rotatable bonds is 8. The van der Waals surface area contributed by atoms with Crippen LogP contribution in [0, 0.1) is 0 Å². The summed E-state index contributed by atoms with van der Waals surface area (Å²) in [5.74, 6) is -2.57. The Balaban J connectivity index is 1.70. The number of hydrogen-bond donors (Lipinski definition) is 1. The van der Waals surface area contributed by atoms with Gasteiger partial charge in [-0.1, -0.05) is 36.4 Å². The first-order valence-corrected chi connectivity index (χ1v) is 10.7. The largest absolute Gasteiger partial charge is 0.460 e. The van der Waals surface area contributed by atoms with Crippen molar-refractivity contribution < 1.29 is 28.3 Å². The van der Waals surface area contributed by atoms with Crippen molar-refractivity contribution in [1.82, 2.24) is 9.88 Å². The average molecular weight is 454 g/mol. The van der Waals surface area contributed by atoms with Crippen molar-refractivity contribution >= 4 is 45.4 Å². The zero-order chi connectivity index (χ0) is 24.2. The van der Waals surface area contributed by atoms with E-state index in [1.165, 1.54) is 0 Å². The van der Waals surface area contributed by atoms with Crippen molar-refractivity contribution in [2.45, 2.75) is 51.7 Å². The highest BCUT2D eigenvalue weighted by atomic mass is 19.1. The molecule has 1 unspecified atom stereocenters. The predicted molar refractivity (Wildman–Crippen MR) is 123 cm³/mol. The lowest BCUT2D eigenvalue weighted by Crippen LogP contribution is -2.44. The summed E-state index contributed by atoms with van der Waals surface area (Å²) in [7, 11) is 0. The van der Waals surface area contributed by atoms with Gasteiger partial charge >= 0.3 is 5.97 Å². The normalized spacial score (nSPS) is 12.5. The van der Waals surface area contributed by atoms with Gasteiger partial charge in [0.1, 0.15) is 18.3 Å². The number of esters is 1. The van der Waals surface area contributed by atoms with Crippen LogP contribution in [0.15, 0.2) is 48.5 Å². The second-order valence-electron chi connectivity index (χ2n) is 8.77. The van der Waals surface area contributed by atoms with Gasteiger partial charge in [-0.05, 0) is 32.9 Å². The molecule has 1 atom stereocenters. The fraction of sp³-hybridized carbons (Fsp3) is 0.360. The Morgan fingerprint density at radius 3 is 2.00 bits per heavy atom. The minimum Gasteiger partial charge on any atom is -0.460 e. The number of nitrogens with zero attached hydrogens (tertiary/aromatic N) is 1. The van der Waals surface area contributed by atoms with E-state index in [9.17, 15) is 23.6 Å². The molecule has 1 amide bonds. The zero-order valence-corrected chi connectivity index (χ0v) is 18.9. The van der Waals surface area contributed by atoms with E-state index in [4.69, 9.17) is 4.74 Å². The molecule has 1 N–H and O–H groups in total. The number of Topliss-reactive ketones (excluding diaryl/α,β-unsaturated/α-hetero) is 1. The Labute approximate surface area is 190 Å². The maximum atomic E-state index is 13.0. The predicted octanol–water partition coefficient (Wildman–Crippen LogP) is 3.97. The first-order valence-electron chi connectivity index (χ1n) is 10.7. The van der Waals surface area contributed by atoms with Crippen LogP contribution in [0.2, 0.25) is 0 Å². The molecule has 0 bridgehead atoms. The summed E-state index contributed by atoms with van der Waals surface area (Å²) < 4.78 is 19.7. The number of para-hydroxylation sites is 2. The van der Waals surface area contributed by atoms with Crippen molar-refractivity contribution in [3.63, 3.8) is 0 Å². The topological polar surface area (TPSA) is 94.5 Å². The smallest absolute Gasteiger partial charge is 0.308 e. The summed E-state index contributed by atoms with van der Waals surface area (Å²) >= 11 is 0. The summed E-state index contributed by atoms with van der Waals surface area (Å²) in [6.07, 6.45) is -0.825. The summed E-state index contributed by atoms with van der Waals surface area (Å²) in [5.41, 5.74) is 0.693. The second-order valence-corrected chi connectivity index (χ2v) is 8.77. The van der Waals surface area contributed by atoms with E-state index in [0.717, 1.165) is 21.8 Å². The number of amides is 1. The molecule has 174 valence electrons. The van der Waals surface area contributed by atoms with Gasteiger partial charge in [-0.2, -0.15) is 0 Å². The minimum atomic E-state index is -1.35. The van der Waals surface area contributed by atoms with E-state index in [1.54, 1.807) is 25.3 Å². The fourth-order valence-electron chi connectivity index (χ4n) is 3.68. The van der Waals surface area contributed by atoms with Crippen LogP contribution in [0.1, 0.15) is 44.8 Å². The van der Waals surface area contributed by atoms with Crippen molar-refractivity contribution in [2.24, 2.45) is 0 Å².